The summed E-state index contributed by atoms with van der Waals surface area (Å²) in [6, 6.07) is 2.00. The van der Waals surface area contributed by atoms with E-state index in [9.17, 15) is 0 Å². The van der Waals surface area contributed by atoms with Crippen LogP contribution in [0, 0.1) is 13.8 Å². The number of ether oxygens (including phenoxy) is 3. The van der Waals surface area contributed by atoms with Gasteiger partial charge in [-0.3, -0.25) is 0 Å². The SMILES string of the molecule is CCCOc1cc(C)c(Cl)c(C)c1C1(CCC)OCCO1. The summed E-state index contributed by atoms with van der Waals surface area (Å²) in [6.07, 6.45) is 2.73. The maximum absolute atomic E-state index is 6.46. The van der Waals surface area contributed by atoms with Crippen molar-refractivity contribution in [1.82, 2.24) is 0 Å². The van der Waals surface area contributed by atoms with Gasteiger partial charge in [0.05, 0.1) is 25.4 Å². The molecular formula is C17H25ClO3. The van der Waals surface area contributed by atoms with Crippen LogP contribution >= 0.6 is 11.6 Å². The lowest BCUT2D eigenvalue weighted by Crippen LogP contribution is -2.29. The molecule has 0 radical (unpaired) electrons. The lowest BCUT2D eigenvalue weighted by molar-refractivity contribution is -0.172. The third-order valence-corrected chi connectivity index (χ3v) is 4.40. The summed E-state index contributed by atoms with van der Waals surface area (Å²) < 4.78 is 18.0. The Hall–Kier alpha value is -0.770. The highest BCUT2D eigenvalue weighted by Crippen LogP contribution is 2.45. The smallest absolute Gasteiger partial charge is 0.198 e. The first-order valence-corrected chi connectivity index (χ1v) is 8.14. The molecule has 1 aliphatic rings. The fraction of sp³-hybridized carbons (Fsp3) is 0.647. The Balaban J connectivity index is 2.55. The van der Waals surface area contributed by atoms with Crippen molar-refractivity contribution in [2.45, 2.75) is 52.7 Å². The molecule has 1 aromatic rings. The molecule has 1 heterocycles. The standard InChI is InChI=1S/C17H25ClO3/c1-5-7-17(20-9-10-21-17)15-13(4)16(18)12(3)11-14(15)19-8-6-2/h11H,5-10H2,1-4H3. The van der Waals surface area contributed by atoms with Crippen LogP contribution in [0.1, 0.15) is 49.8 Å². The molecule has 0 unspecified atom stereocenters. The van der Waals surface area contributed by atoms with Crippen molar-refractivity contribution < 1.29 is 14.2 Å². The maximum Gasteiger partial charge on any atom is 0.198 e. The third-order valence-electron chi connectivity index (χ3n) is 3.82. The number of hydrogen-bond donors (Lipinski definition) is 0. The number of hydrogen-bond acceptors (Lipinski definition) is 3. The Labute approximate surface area is 132 Å². The summed E-state index contributed by atoms with van der Waals surface area (Å²) in [6.45, 7) is 10.1. The van der Waals surface area contributed by atoms with E-state index in [-0.39, 0.29) is 0 Å². The molecule has 0 spiro atoms. The minimum absolute atomic E-state index is 0.609. The van der Waals surface area contributed by atoms with Gasteiger partial charge in [0, 0.05) is 11.4 Å². The fourth-order valence-electron chi connectivity index (χ4n) is 2.92. The van der Waals surface area contributed by atoms with Gasteiger partial charge in [0.2, 0.25) is 0 Å². The highest BCUT2D eigenvalue weighted by atomic mass is 35.5. The zero-order chi connectivity index (χ0) is 15.5. The van der Waals surface area contributed by atoms with Crippen LogP contribution in [0.25, 0.3) is 0 Å². The van der Waals surface area contributed by atoms with Gasteiger partial charge in [-0.15, -0.1) is 0 Å². The monoisotopic (exact) mass is 312 g/mol. The Bertz CT molecular complexity index is 493. The molecule has 1 saturated heterocycles. The van der Waals surface area contributed by atoms with Crippen molar-refractivity contribution in [2.75, 3.05) is 19.8 Å². The van der Waals surface area contributed by atoms with Gasteiger partial charge < -0.3 is 14.2 Å². The first kappa shape index (κ1) is 16.6. The second-order valence-electron chi connectivity index (χ2n) is 5.55. The molecule has 4 heteroatoms. The van der Waals surface area contributed by atoms with Gasteiger partial charge in [-0.25, -0.2) is 0 Å². The van der Waals surface area contributed by atoms with E-state index in [1.54, 1.807) is 0 Å². The summed E-state index contributed by atoms with van der Waals surface area (Å²) in [7, 11) is 0. The molecule has 2 rings (SSSR count). The molecule has 21 heavy (non-hydrogen) atoms. The third kappa shape index (κ3) is 3.20. The van der Waals surface area contributed by atoms with Gasteiger partial charge >= 0.3 is 0 Å². The molecule has 0 saturated carbocycles. The lowest BCUT2D eigenvalue weighted by atomic mass is 9.93. The van der Waals surface area contributed by atoms with E-state index in [2.05, 4.69) is 13.8 Å². The van der Waals surface area contributed by atoms with E-state index in [0.29, 0.717) is 19.8 Å². The van der Waals surface area contributed by atoms with E-state index in [0.717, 1.165) is 46.7 Å². The second kappa shape index (κ2) is 6.99. The maximum atomic E-state index is 6.46. The van der Waals surface area contributed by atoms with E-state index in [1.165, 1.54) is 0 Å². The Morgan fingerprint density at radius 2 is 1.86 bits per heavy atom. The molecule has 0 amide bonds. The first-order valence-electron chi connectivity index (χ1n) is 7.76. The van der Waals surface area contributed by atoms with E-state index < -0.39 is 5.79 Å². The van der Waals surface area contributed by atoms with Crippen molar-refractivity contribution in [3.8, 4) is 5.75 Å². The van der Waals surface area contributed by atoms with Gasteiger partial charge in [0.15, 0.2) is 5.79 Å². The van der Waals surface area contributed by atoms with Crippen molar-refractivity contribution in [3.63, 3.8) is 0 Å². The Kier molecular flexibility index (Phi) is 5.53. The van der Waals surface area contributed by atoms with Crippen LogP contribution < -0.4 is 4.74 Å². The topological polar surface area (TPSA) is 27.7 Å². The van der Waals surface area contributed by atoms with Crippen LogP contribution in [0.15, 0.2) is 6.07 Å². The average molecular weight is 313 g/mol. The molecule has 1 aromatic carbocycles. The fourth-order valence-corrected chi connectivity index (χ4v) is 3.07. The molecule has 3 nitrogen and oxygen atoms in total. The molecule has 1 fully saturated rings. The summed E-state index contributed by atoms with van der Waals surface area (Å²) in [4.78, 5) is 0. The van der Waals surface area contributed by atoms with Crippen LogP contribution in [0.3, 0.4) is 0 Å². The van der Waals surface area contributed by atoms with Crippen molar-refractivity contribution in [2.24, 2.45) is 0 Å². The number of halogens is 1. The van der Waals surface area contributed by atoms with Crippen LogP contribution in [0.2, 0.25) is 5.02 Å². The zero-order valence-electron chi connectivity index (χ0n) is 13.4. The normalized spacial score (nSPS) is 17.2. The number of rotatable bonds is 6. The van der Waals surface area contributed by atoms with Gasteiger partial charge in [-0.2, -0.15) is 0 Å². The molecule has 1 aliphatic heterocycles. The van der Waals surface area contributed by atoms with Crippen LogP contribution in [0.5, 0.6) is 5.75 Å². The molecule has 0 atom stereocenters. The lowest BCUT2D eigenvalue weighted by Gasteiger charge is -2.31. The van der Waals surface area contributed by atoms with Gasteiger partial charge in [-0.05, 0) is 37.5 Å². The Morgan fingerprint density at radius 1 is 1.19 bits per heavy atom. The Morgan fingerprint density at radius 3 is 2.43 bits per heavy atom. The highest BCUT2D eigenvalue weighted by Gasteiger charge is 2.42. The molecule has 118 valence electrons. The zero-order valence-corrected chi connectivity index (χ0v) is 14.2. The largest absolute Gasteiger partial charge is 0.493 e. The average Bonchev–Trinajstić information content (AvgIpc) is 2.92. The molecule has 0 bridgehead atoms. The summed E-state index contributed by atoms with van der Waals surface area (Å²) in [5.74, 6) is 0.130. The quantitative estimate of drug-likeness (QED) is 0.759. The van der Waals surface area contributed by atoms with Crippen molar-refractivity contribution in [1.29, 1.82) is 0 Å². The highest BCUT2D eigenvalue weighted by molar-refractivity contribution is 6.32. The van der Waals surface area contributed by atoms with Crippen molar-refractivity contribution >= 4 is 11.6 Å². The van der Waals surface area contributed by atoms with Crippen LogP contribution in [0.4, 0.5) is 0 Å². The number of aryl methyl sites for hydroxylation is 1. The van der Waals surface area contributed by atoms with Crippen LogP contribution in [-0.2, 0) is 15.3 Å². The van der Waals surface area contributed by atoms with Gasteiger partial charge in [0.25, 0.3) is 0 Å². The summed E-state index contributed by atoms with van der Waals surface area (Å²) in [5.41, 5.74) is 2.98. The minimum Gasteiger partial charge on any atom is -0.493 e. The predicted molar refractivity (Wildman–Crippen MR) is 85.2 cm³/mol. The summed E-state index contributed by atoms with van der Waals surface area (Å²) in [5, 5.41) is 0.767. The minimum atomic E-state index is -0.709. The molecule has 0 aromatic heterocycles. The van der Waals surface area contributed by atoms with Crippen LogP contribution in [-0.4, -0.2) is 19.8 Å². The van der Waals surface area contributed by atoms with E-state index in [1.807, 2.05) is 19.9 Å². The van der Waals surface area contributed by atoms with E-state index >= 15 is 0 Å². The molecule has 0 N–H and O–H groups in total. The van der Waals surface area contributed by atoms with E-state index in [4.69, 9.17) is 25.8 Å². The number of benzene rings is 1. The predicted octanol–water partition coefficient (Wildman–Crippen LogP) is 4.75. The van der Waals surface area contributed by atoms with Gasteiger partial charge in [0.1, 0.15) is 5.75 Å². The summed E-state index contributed by atoms with van der Waals surface area (Å²) >= 11 is 6.46. The molecule has 0 aliphatic carbocycles. The second-order valence-corrected chi connectivity index (χ2v) is 5.93. The first-order chi connectivity index (χ1) is 10.1. The molecular weight excluding hydrogens is 288 g/mol. The van der Waals surface area contributed by atoms with Gasteiger partial charge in [-0.1, -0.05) is 31.9 Å². The van der Waals surface area contributed by atoms with Crippen molar-refractivity contribution in [3.05, 3.63) is 27.8 Å².